The van der Waals surface area contributed by atoms with Crippen LogP contribution in [0.25, 0.3) is 5.65 Å². The second-order valence-electron chi connectivity index (χ2n) is 7.39. The van der Waals surface area contributed by atoms with E-state index in [4.69, 9.17) is 0 Å². The van der Waals surface area contributed by atoms with Gasteiger partial charge in [-0.05, 0) is 24.0 Å². The SMILES string of the molecule is Cc1nnc2cc(N3CCN(Cc4ccc(C(C)C)cc4)CC3)cnn12. The van der Waals surface area contributed by atoms with Gasteiger partial charge in [-0.1, -0.05) is 38.1 Å². The molecule has 0 N–H and O–H groups in total. The maximum absolute atomic E-state index is 4.46. The van der Waals surface area contributed by atoms with Gasteiger partial charge in [0.2, 0.25) is 0 Å². The molecule has 3 aromatic rings. The van der Waals surface area contributed by atoms with E-state index >= 15 is 0 Å². The smallest absolute Gasteiger partial charge is 0.179 e. The fraction of sp³-hybridized carbons (Fsp3) is 0.450. The molecule has 0 atom stereocenters. The second-order valence-corrected chi connectivity index (χ2v) is 7.39. The first-order valence-electron chi connectivity index (χ1n) is 9.34. The van der Waals surface area contributed by atoms with Gasteiger partial charge in [0.15, 0.2) is 11.5 Å². The van der Waals surface area contributed by atoms with Crippen molar-refractivity contribution in [2.75, 3.05) is 31.1 Å². The van der Waals surface area contributed by atoms with Crippen LogP contribution in [0.4, 0.5) is 5.69 Å². The number of piperazine rings is 1. The van der Waals surface area contributed by atoms with Crippen molar-refractivity contribution in [2.45, 2.75) is 33.2 Å². The lowest BCUT2D eigenvalue weighted by molar-refractivity contribution is 0.250. The molecule has 2 aromatic heterocycles. The molecule has 0 bridgehead atoms. The number of nitrogens with zero attached hydrogens (tertiary/aromatic N) is 6. The van der Waals surface area contributed by atoms with Gasteiger partial charge in [-0.3, -0.25) is 4.90 Å². The van der Waals surface area contributed by atoms with Crippen molar-refractivity contribution in [3.05, 3.63) is 53.5 Å². The van der Waals surface area contributed by atoms with E-state index < -0.39 is 0 Å². The van der Waals surface area contributed by atoms with Crippen molar-refractivity contribution in [3.63, 3.8) is 0 Å². The van der Waals surface area contributed by atoms with Gasteiger partial charge in [0.1, 0.15) is 0 Å². The van der Waals surface area contributed by atoms with Crippen LogP contribution < -0.4 is 4.90 Å². The van der Waals surface area contributed by atoms with Gasteiger partial charge >= 0.3 is 0 Å². The summed E-state index contributed by atoms with van der Waals surface area (Å²) in [6.45, 7) is 11.5. The number of benzene rings is 1. The standard InChI is InChI=1S/C20H26N6/c1-15(2)18-6-4-17(5-7-18)14-24-8-10-25(11-9-24)19-12-20-23-22-16(3)26(20)21-13-19/h4-7,12-13,15H,8-11,14H2,1-3H3. The summed E-state index contributed by atoms with van der Waals surface area (Å²) in [6, 6.07) is 11.1. The van der Waals surface area contributed by atoms with Crippen LogP contribution in [0.1, 0.15) is 36.7 Å². The normalized spacial score (nSPS) is 15.9. The molecule has 6 nitrogen and oxygen atoms in total. The van der Waals surface area contributed by atoms with Crippen molar-refractivity contribution < 1.29 is 0 Å². The summed E-state index contributed by atoms with van der Waals surface area (Å²) in [5.41, 5.74) is 4.74. The topological polar surface area (TPSA) is 49.6 Å². The molecule has 0 amide bonds. The molecule has 6 heteroatoms. The molecule has 0 aliphatic carbocycles. The Kier molecular flexibility index (Phi) is 4.59. The molecule has 0 spiro atoms. The Hall–Kier alpha value is -2.47. The Morgan fingerprint density at radius 3 is 2.42 bits per heavy atom. The summed E-state index contributed by atoms with van der Waals surface area (Å²) >= 11 is 0. The van der Waals surface area contributed by atoms with E-state index in [9.17, 15) is 0 Å². The second kappa shape index (κ2) is 7.03. The zero-order valence-corrected chi connectivity index (χ0v) is 15.8. The van der Waals surface area contributed by atoms with Crippen LogP contribution in [-0.2, 0) is 6.54 Å². The number of hydrogen-bond acceptors (Lipinski definition) is 5. The molecule has 0 saturated carbocycles. The molecule has 1 aliphatic rings. The minimum atomic E-state index is 0.590. The highest BCUT2D eigenvalue weighted by molar-refractivity contribution is 5.54. The summed E-state index contributed by atoms with van der Waals surface area (Å²) in [4.78, 5) is 4.91. The third-order valence-corrected chi connectivity index (χ3v) is 5.19. The predicted octanol–water partition coefficient (Wildman–Crippen LogP) is 2.88. The molecule has 26 heavy (non-hydrogen) atoms. The van der Waals surface area contributed by atoms with Crippen LogP contribution in [0.15, 0.2) is 36.5 Å². The lowest BCUT2D eigenvalue weighted by Crippen LogP contribution is -2.46. The third-order valence-electron chi connectivity index (χ3n) is 5.19. The lowest BCUT2D eigenvalue weighted by Gasteiger charge is -2.35. The van der Waals surface area contributed by atoms with E-state index in [2.05, 4.69) is 69.3 Å². The highest BCUT2D eigenvalue weighted by Gasteiger charge is 2.18. The summed E-state index contributed by atoms with van der Waals surface area (Å²) in [7, 11) is 0. The molecule has 1 saturated heterocycles. The Morgan fingerprint density at radius 2 is 1.73 bits per heavy atom. The number of aromatic nitrogens is 4. The van der Waals surface area contributed by atoms with Gasteiger partial charge in [-0.2, -0.15) is 9.61 Å². The third kappa shape index (κ3) is 3.42. The summed E-state index contributed by atoms with van der Waals surface area (Å²) in [5.74, 6) is 1.41. The van der Waals surface area contributed by atoms with Crippen molar-refractivity contribution in [2.24, 2.45) is 0 Å². The van der Waals surface area contributed by atoms with E-state index in [0.29, 0.717) is 5.92 Å². The zero-order valence-electron chi connectivity index (χ0n) is 15.8. The highest BCUT2D eigenvalue weighted by Crippen LogP contribution is 2.19. The van der Waals surface area contributed by atoms with Gasteiger partial charge in [0.05, 0.1) is 11.9 Å². The molecule has 1 aromatic carbocycles. The van der Waals surface area contributed by atoms with Gasteiger partial charge in [0.25, 0.3) is 0 Å². The molecule has 1 fully saturated rings. The minimum absolute atomic E-state index is 0.590. The first kappa shape index (κ1) is 17.0. The first-order valence-corrected chi connectivity index (χ1v) is 9.34. The maximum Gasteiger partial charge on any atom is 0.179 e. The predicted molar refractivity (Wildman–Crippen MR) is 104 cm³/mol. The van der Waals surface area contributed by atoms with E-state index in [0.717, 1.165) is 49.9 Å². The van der Waals surface area contributed by atoms with Crippen molar-refractivity contribution in [1.82, 2.24) is 24.7 Å². The van der Waals surface area contributed by atoms with Gasteiger partial charge in [-0.15, -0.1) is 10.2 Å². The Balaban J connectivity index is 1.37. The lowest BCUT2D eigenvalue weighted by atomic mass is 10.0. The van der Waals surface area contributed by atoms with Crippen LogP contribution >= 0.6 is 0 Å². The Morgan fingerprint density at radius 1 is 1.00 bits per heavy atom. The number of anilines is 1. The van der Waals surface area contributed by atoms with Crippen LogP contribution in [0, 0.1) is 6.92 Å². The fourth-order valence-electron chi connectivity index (χ4n) is 3.50. The maximum atomic E-state index is 4.46. The zero-order chi connectivity index (χ0) is 18.1. The van der Waals surface area contributed by atoms with Crippen molar-refractivity contribution in [1.29, 1.82) is 0 Å². The minimum Gasteiger partial charge on any atom is -0.368 e. The number of aryl methyl sites for hydroxylation is 1. The average Bonchev–Trinajstić information content (AvgIpc) is 3.03. The van der Waals surface area contributed by atoms with E-state index in [-0.39, 0.29) is 0 Å². The van der Waals surface area contributed by atoms with Gasteiger partial charge < -0.3 is 4.90 Å². The van der Waals surface area contributed by atoms with Gasteiger partial charge in [0, 0.05) is 38.8 Å². The largest absolute Gasteiger partial charge is 0.368 e. The molecule has 3 heterocycles. The Bertz CT molecular complexity index is 875. The molecular formula is C20H26N6. The summed E-state index contributed by atoms with van der Waals surface area (Å²) < 4.78 is 1.78. The number of hydrogen-bond donors (Lipinski definition) is 0. The molecule has 136 valence electrons. The van der Waals surface area contributed by atoms with E-state index in [1.54, 1.807) is 4.52 Å². The van der Waals surface area contributed by atoms with Crippen LogP contribution in [-0.4, -0.2) is 50.9 Å². The monoisotopic (exact) mass is 350 g/mol. The van der Waals surface area contributed by atoms with Crippen LogP contribution in [0.3, 0.4) is 0 Å². The summed E-state index contributed by atoms with van der Waals surface area (Å²) in [5, 5.41) is 12.7. The van der Waals surface area contributed by atoms with Crippen molar-refractivity contribution >= 4 is 11.3 Å². The first-order chi connectivity index (χ1) is 12.6. The van der Waals surface area contributed by atoms with Crippen LogP contribution in [0.5, 0.6) is 0 Å². The fourth-order valence-corrected chi connectivity index (χ4v) is 3.50. The molecule has 0 radical (unpaired) electrons. The van der Waals surface area contributed by atoms with Gasteiger partial charge in [-0.25, -0.2) is 0 Å². The molecule has 1 aliphatic heterocycles. The molecular weight excluding hydrogens is 324 g/mol. The average molecular weight is 350 g/mol. The summed E-state index contributed by atoms with van der Waals surface area (Å²) in [6.07, 6.45) is 1.92. The quantitative estimate of drug-likeness (QED) is 0.724. The van der Waals surface area contributed by atoms with Crippen molar-refractivity contribution in [3.8, 4) is 0 Å². The van der Waals surface area contributed by atoms with Crippen LogP contribution in [0.2, 0.25) is 0 Å². The number of rotatable bonds is 4. The van der Waals surface area contributed by atoms with E-state index in [1.807, 2.05) is 13.1 Å². The van der Waals surface area contributed by atoms with E-state index in [1.165, 1.54) is 11.1 Å². The Labute approximate surface area is 154 Å². The molecule has 4 rings (SSSR count). The highest BCUT2D eigenvalue weighted by atomic mass is 15.4. The molecule has 0 unspecified atom stereocenters. The number of fused-ring (bicyclic) bond motifs is 1.